The first-order chi connectivity index (χ1) is 7.16. The molecule has 0 atom stereocenters. The summed E-state index contributed by atoms with van der Waals surface area (Å²) in [6, 6.07) is 8.13. The molecule has 0 saturated carbocycles. The standard InChI is InChI=1S/C13H14N2/c1-9-7-10(2)13(14-8-9)12-6-4-5-11(3)15-12/h4-8H,1-3H3. The highest BCUT2D eigenvalue weighted by Crippen LogP contribution is 2.19. The van der Waals surface area contributed by atoms with Crippen molar-refractivity contribution in [3.63, 3.8) is 0 Å². The molecule has 0 unspecified atom stereocenters. The number of aromatic nitrogens is 2. The molecule has 0 saturated heterocycles. The molecule has 15 heavy (non-hydrogen) atoms. The quantitative estimate of drug-likeness (QED) is 0.703. The molecule has 2 aromatic rings. The number of aryl methyl sites for hydroxylation is 3. The van der Waals surface area contributed by atoms with Gasteiger partial charge >= 0.3 is 0 Å². The van der Waals surface area contributed by atoms with Crippen LogP contribution in [0.1, 0.15) is 16.8 Å². The molecule has 2 nitrogen and oxygen atoms in total. The summed E-state index contributed by atoms with van der Waals surface area (Å²) in [7, 11) is 0. The van der Waals surface area contributed by atoms with Gasteiger partial charge in [-0.15, -0.1) is 0 Å². The smallest absolute Gasteiger partial charge is 0.0915 e. The van der Waals surface area contributed by atoms with Crippen LogP contribution >= 0.6 is 0 Å². The molecule has 2 aromatic heterocycles. The van der Waals surface area contributed by atoms with Crippen LogP contribution in [-0.4, -0.2) is 9.97 Å². The molecule has 0 aliphatic carbocycles. The van der Waals surface area contributed by atoms with Crippen LogP contribution in [0.2, 0.25) is 0 Å². The van der Waals surface area contributed by atoms with Crippen molar-refractivity contribution >= 4 is 0 Å². The van der Waals surface area contributed by atoms with Crippen LogP contribution in [0.3, 0.4) is 0 Å². The van der Waals surface area contributed by atoms with Gasteiger partial charge in [-0.05, 0) is 44.0 Å². The van der Waals surface area contributed by atoms with Gasteiger partial charge in [0.15, 0.2) is 0 Å². The second-order valence-corrected chi connectivity index (χ2v) is 3.84. The summed E-state index contributed by atoms with van der Waals surface area (Å²) >= 11 is 0. The number of rotatable bonds is 1. The van der Waals surface area contributed by atoms with Crippen molar-refractivity contribution in [1.82, 2.24) is 9.97 Å². The molecule has 2 rings (SSSR count). The van der Waals surface area contributed by atoms with E-state index in [1.807, 2.05) is 38.2 Å². The van der Waals surface area contributed by atoms with Crippen LogP contribution < -0.4 is 0 Å². The third kappa shape index (κ3) is 2.04. The van der Waals surface area contributed by atoms with Gasteiger partial charge in [-0.2, -0.15) is 0 Å². The Bertz CT molecular complexity index is 490. The summed E-state index contributed by atoms with van der Waals surface area (Å²) in [6.45, 7) is 6.11. The molecular weight excluding hydrogens is 184 g/mol. The van der Waals surface area contributed by atoms with Crippen molar-refractivity contribution in [2.45, 2.75) is 20.8 Å². The van der Waals surface area contributed by atoms with Gasteiger partial charge in [-0.25, -0.2) is 0 Å². The second-order valence-electron chi connectivity index (χ2n) is 3.84. The van der Waals surface area contributed by atoms with Gasteiger partial charge in [0, 0.05) is 11.9 Å². The van der Waals surface area contributed by atoms with E-state index in [9.17, 15) is 0 Å². The summed E-state index contributed by atoms with van der Waals surface area (Å²) < 4.78 is 0. The Hall–Kier alpha value is -1.70. The number of hydrogen-bond acceptors (Lipinski definition) is 2. The molecule has 0 spiro atoms. The Morgan fingerprint density at radius 2 is 1.87 bits per heavy atom. The van der Waals surface area contributed by atoms with E-state index < -0.39 is 0 Å². The second kappa shape index (κ2) is 3.81. The minimum absolute atomic E-state index is 0.951. The largest absolute Gasteiger partial charge is 0.254 e. The average Bonchev–Trinajstić information content (AvgIpc) is 2.17. The Kier molecular flexibility index (Phi) is 2.50. The Morgan fingerprint density at radius 3 is 2.53 bits per heavy atom. The lowest BCUT2D eigenvalue weighted by molar-refractivity contribution is 1.15. The van der Waals surface area contributed by atoms with Crippen LogP contribution in [0.25, 0.3) is 11.4 Å². The van der Waals surface area contributed by atoms with E-state index in [4.69, 9.17) is 0 Å². The van der Waals surface area contributed by atoms with Crippen LogP contribution in [-0.2, 0) is 0 Å². The van der Waals surface area contributed by atoms with Crippen molar-refractivity contribution in [1.29, 1.82) is 0 Å². The normalized spacial score (nSPS) is 10.3. The molecule has 0 fully saturated rings. The van der Waals surface area contributed by atoms with Crippen LogP contribution in [0.15, 0.2) is 30.5 Å². The fourth-order valence-corrected chi connectivity index (χ4v) is 1.66. The summed E-state index contributed by atoms with van der Waals surface area (Å²) in [4.78, 5) is 8.90. The summed E-state index contributed by atoms with van der Waals surface area (Å²) in [5.41, 5.74) is 5.31. The lowest BCUT2D eigenvalue weighted by Crippen LogP contribution is -1.93. The Morgan fingerprint density at radius 1 is 1.07 bits per heavy atom. The van der Waals surface area contributed by atoms with E-state index in [0.29, 0.717) is 0 Å². The van der Waals surface area contributed by atoms with Gasteiger partial charge < -0.3 is 0 Å². The molecule has 0 N–H and O–H groups in total. The monoisotopic (exact) mass is 198 g/mol. The van der Waals surface area contributed by atoms with Gasteiger partial charge in [-0.1, -0.05) is 12.1 Å². The SMILES string of the molecule is Cc1cnc(-c2cccc(C)n2)c(C)c1. The third-order valence-corrected chi connectivity index (χ3v) is 2.35. The van der Waals surface area contributed by atoms with Crippen molar-refractivity contribution in [2.24, 2.45) is 0 Å². The van der Waals surface area contributed by atoms with E-state index in [1.54, 1.807) is 0 Å². The third-order valence-electron chi connectivity index (χ3n) is 2.35. The van der Waals surface area contributed by atoms with Crippen molar-refractivity contribution in [2.75, 3.05) is 0 Å². The van der Waals surface area contributed by atoms with Crippen LogP contribution in [0, 0.1) is 20.8 Å². The fraction of sp³-hybridized carbons (Fsp3) is 0.231. The minimum Gasteiger partial charge on any atom is -0.254 e. The predicted molar refractivity (Wildman–Crippen MR) is 61.7 cm³/mol. The maximum absolute atomic E-state index is 4.47. The van der Waals surface area contributed by atoms with E-state index in [2.05, 4.69) is 23.0 Å². The highest BCUT2D eigenvalue weighted by Gasteiger charge is 2.04. The molecule has 0 bridgehead atoms. The van der Waals surface area contributed by atoms with Crippen molar-refractivity contribution < 1.29 is 0 Å². The van der Waals surface area contributed by atoms with Gasteiger partial charge in [-0.3, -0.25) is 9.97 Å². The van der Waals surface area contributed by atoms with Crippen LogP contribution in [0.5, 0.6) is 0 Å². The zero-order valence-electron chi connectivity index (χ0n) is 9.28. The topological polar surface area (TPSA) is 25.8 Å². The van der Waals surface area contributed by atoms with E-state index in [0.717, 1.165) is 17.1 Å². The van der Waals surface area contributed by atoms with Gasteiger partial charge in [0.1, 0.15) is 0 Å². The highest BCUT2D eigenvalue weighted by atomic mass is 14.8. The van der Waals surface area contributed by atoms with Crippen molar-refractivity contribution in [3.8, 4) is 11.4 Å². The lowest BCUT2D eigenvalue weighted by atomic mass is 10.1. The number of nitrogens with zero attached hydrogens (tertiary/aromatic N) is 2. The maximum Gasteiger partial charge on any atom is 0.0915 e. The molecule has 0 aromatic carbocycles. The zero-order valence-corrected chi connectivity index (χ0v) is 9.28. The minimum atomic E-state index is 0.951. The highest BCUT2D eigenvalue weighted by molar-refractivity contribution is 5.58. The predicted octanol–water partition coefficient (Wildman–Crippen LogP) is 3.07. The first-order valence-electron chi connectivity index (χ1n) is 5.04. The van der Waals surface area contributed by atoms with E-state index >= 15 is 0 Å². The average molecular weight is 198 g/mol. The van der Waals surface area contributed by atoms with Crippen LogP contribution in [0.4, 0.5) is 0 Å². The Balaban J connectivity index is 2.54. The molecular formula is C13H14N2. The Labute approximate surface area is 90.0 Å². The first kappa shape index (κ1) is 9.84. The molecule has 2 heterocycles. The van der Waals surface area contributed by atoms with E-state index in [-0.39, 0.29) is 0 Å². The van der Waals surface area contributed by atoms with Gasteiger partial charge in [0.2, 0.25) is 0 Å². The molecule has 0 aliphatic rings. The lowest BCUT2D eigenvalue weighted by Gasteiger charge is -2.05. The number of pyridine rings is 2. The molecule has 0 amide bonds. The zero-order chi connectivity index (χ0) is 10.8. The van der Waals surface area contributed by atoms with Gasteiger partial charge in [0.25, 0.3) is 0 Å². The molecule has 76 valence electrons. The summed E-state index contributed by atoms with van der Waals surface area (Å²) in [5, 5.41) is 0. The first-order valence-corrected chi connectivity index (χ1v) is 5.04. The number of hydrogen-bond donors (Lipinski definition) is 0. The summed E-state index contributed by atoms with van der Waals surface area (Å²) in [6.07, 6.45) is 1.88. The molecule has 2 heteroatoms. The molecule has 0 aliphatic heterocycles. The summed E-state index contributed by atoms with van der Waals surface area (Å²) in [5.74, 6) is 0. The van der Waals surface area contributed by atoms with Gasteiger partial charge in [0.05, 0.1) is 11.4 Å². The van der Waals surface area contributed by atoms with Crippen molar-refractivity contribution in [3.05, 3.63) is 47.3 Å². The van der Waals surface area contributed by atoms with E-state index in [1.165, 1.54) is 11.1 Å². The molecule has 0 radical (unpaired) electrons. The maximum atomic E-state index is 4.47. The fourth-order valence-electron chi connectivity index (χ4n) is 1.66.